The molecule has 0 aliphatic heterocycles. The molecular weight excluding hydrogens is 697 g/mol. The number of ether oxygens (including phenoxy) is 1. The highest BCUT2D eigenvalue weighted by atomic mass is 16.5. The van der Waals surface area contributed by atoms with Crippen LogP contribution in [0.25, 0.3) is 0 Å². The highest BCUT2D eigenvalue weighted by Crippen LogP contribution is 2.15. The van der Waals surface area contributed by atoms with Gasteiger partial charge in [0, 0.05) is 12.8 Å². The molecule has 0 heterocycles. The second-order valence-electron chi connectivity index (χ2n) is 14.7. The van der Waals surface area contributed by atoms with Gasteiger partial charge in [-0.3, -0.25) is 9.59 Å². The average molecular weight is 779 g/mol. The summed E-state index contributed by atoms with van der Waals surface area (Å²) in [5, 5.41) is 11.9. The fourth-order valence-electron chi connectivity index (χ4n) is 6.07. The van der Waals surface area contributed by atoms with Crippen molar-refractivity contribution in [1.82, 2.24) is 5.32 Å². The SMILES string of the molecule is CC/C=C\C/C=C\C/C=C\C/C=C\C/C=C\CCCCCCCC(=O)OC(/C=C\C/C=C\CCCCC)CCCCCCCCC(=O)NC(CCCN)C(=O)O. The maximum atomic E-state index is 12.7. The van der Waals surface area contributed by atoms with E-state index in [2.05, 4.69) is 104 Å². The number of carbonyl (C=O) groups excluding carboxylic acids is 2. The van der Waals surface area contributed by atoms with Crippen LogP contribution in [0.1, 0.15) is 187 Å². The van der Waals surface area contributed by atoms with Crippen molar-refractivity contribution in [2.45, 2.75) is 199 Å². The fraction of sp³-hybridized carbons (Fsp3) is 0.653. The smallest absolute Gasteiger partial charge is 0.326 e. The zero-order valence-corrected chi connectivity index (χ0v) is 35.7. The molecule has 0 aliphatic rings. The van der Waals surface area contributed by atoms with E-state index in [-0.39, 0.29) is 18.0 Å². The number of nitrogens with one attached hydrogen (secondary N) is 1. The van der Waals surface area contributed by atoms with E-state index in [1.54, 1.807) is 0 Å². The van der Waals surface area contributed by atoms with Gasteiger partial charge in [-0.2, -0.15) is 0 Å². The van der Waals surface area contributed by atoms with Crippen LogP contribution in [0.5, 0.6) is 0 Å². The Balaban J connectivity index is 4.27. The summed E-state index contributed by atoms with van der Waals surface area (Å²) in [5.41, 5.74) is 5.47. The van der Waals surface area contributed by atoms with Gasteiger partial charge in [0.1, 0.15) is 12.1 Å². The fourth-order valence-corrected chi connectivity index (χ4v) is 6.07. The molecule has 0 aromatic carbocycles. The molecule has 4 N–H and O–H groups in total. The van der Waals surface area contributed by atoms with E-state index >= 15 is 0 Å². The van der Waals surface area contributed by atoms with E-state index in [1.165, 1.54) is 32.1 Å². The van der Waals surface area contributed by atoms with Crippen LogP contribution in [0.2, 0.25) is 0 Å². The first kappa shape index (κ1) is 52.6. The lowest BCUT2D eigenvalue weighted by atomic mass is 10.0. The van der Waals surface area contributed by atoms with E-state index < -0.39 is 12.0 Å². The number of unbranched alkanes of at least 4 members (excludes halogenated alkanes) is 13. The summed E-state index contributed by atoms with van der Waals surface area (Å²) in [6.45, 7) is 4.78. The number of carboxylic acids is 1. The third kappa shape index (κ3) is 38.8. The summed E-state index contributed by atoms with van der Waals surface area (Å²) in [4.78, 5) is 36.3. The summed E-state index contributed by atoms with van der Waals surface area (Å²) < 4.78 is 5.93. The van der Waals surface area contributed by atoms with E-state index in [9.17, 15) is 19.5 Å². The highest BCUT2D eigenvalue weighted by Gasteiger charge is 2.18. The predicted octanol–water partition coefficient (Wildman–Crippen LogP) is 12.9. The number of hydrogen-bond acceptors (Lipinski definition) is 5. The van der Waals surface area contributed by atoms with Crippen molar-refractivity contribution in [2.75, 3.05) is 6.54 Å². The summed E-state index contributed by atoms with van der Waals surface area (Å²) >= 11 is 0. The number of esters is 1. The molecule has 318 valence electrons. The number of carboxylic acid groups (broad SMARTS) is 1. The van der Waals surface area contributed by atoms with Crippen molar-refractivity contribution in [1.29, 1.82) is 0 Å². The first-order valence-electron chi connectivity index (χ1n) is 22.4. The summed E-state index contributed by atoms with van der Waals surface area (Å²) in [6.07, 6.45) is 56.5. The topological polar surface area (TPSA) is 119 Å². The van der Waals surface area contributed by atoms with Crippen molar-refractivity contribution in [3.63, 3.8) is 0 Å². The minimum Gasteiger partial charge on any atom is -0.480 e. The van der Waals surface area contributed by atoms with Gasteiger partial charge in [-0.15, -0.1) is 0 Å². The largest absolute Gasteiger partial charge is 0.480 e. The molecule has 2 atom stereocenters. The number of hydrogen-bond donors (Lipinski definition) is 3. The molecule has 0 fully saturated rings. The van der Waals surface area contributed by atoms with Crippen LogP contribution in [-0.2, 0) is 19.1 Å². The molecule has 0 rings (SSSR count). The number of aliphatic carboxylic acids is 1. The molecular formula is C49H82N2O5. The van der Waals surface area contributed by atoms with E-state index in [4.69, 9.17) is 10.5 Å². The van der Waals surface area contributed by atoms with Gasteiger partial charge in [0.2, 0.25) is 5.91 Å². The van der Waals surface area contributed by atoms with Crippen molar-refractivity contribution in [2.24, 2.45) is 5.73 Å². The third-order valence-corrected chi connectivity index (χ3v) is 9.43. The van der Waals surface area contributed by atoms with Crippen LogP contribution >= 0.6 is 0 Å². The molecule has 0 aromatic rings. The number of allylic oxidation sites excluding steroid dienone is 13. The Hall–Kier alpha value is -3.45. The first-order chi connectivity index (χ1) is 27.4. The second-order valence-corrected chi connectivity index (χ2v) is 14.7. The molecule has 0 saturated heterocycles. The minimum atomic E-state index is -1.01. The number of carbonyl (C=O) groups is 3. The Morgan fingerprint density at radius 3 is 1.59 bits per heavy atom. The van der Waals surface area contributed by atoms with Gasteiger partial charge in [0.25, 0.3) is 0 Å². The quantitative estimate of drug-likeness (QED) is 0.0325. The van der Waals surface area contributed by atoms with Crippen LogP contribution in [0.4, 0.5) is 0 Å². The van der Waals surface area contributed by atoms with Crippen molar-refractivity contribution in [3.05, 3.63) is 85.1 Å². The lowest BCUT2D eigenvalue weighted by Crippen LogP contribution is -2.40. The number of rotatable bonds is 39. The normalized spacial score (nSPS) is 13.5. The van der Waals surface area contributed by atoms with Crippen LogP contribution in [0.15, 0.2) is 85.1 Å². The molecule has 1 amide bonds. The van der Waals surface area contributed by atoms with Gasteiger partial charge in [-0.05, 0) is 115 Å². The Labute approximate surface area is 343 Å². The summed E-state index contributed by atoms with van der Waals surface area (Å²) in [5.74, 6) is -1.32. The Morgan fingerprint density at radius 2 is 1.04 bits per heavy atom. The van der Waals surface area contributed by atoms with Gasteiger partial charge in [-0.1, -0.05) is 151 Å². The molecule has 0 aromatic heterocycles. The molecule has 0 aliphatic carbocycles. The maximum absolute atomic E-state index is 12.7. The van der Waals surface area contributed by atoms with Gasteiger partial charge in [0.05, 0.1) is 0 Å². The number of nitrogens with two attached hydrogens (primary N) is 1. The highest BCUT2D eigenvalue weighted by molar-refractivity contribution is 5.83. The van der Waals surface area contributed by atoms with E-state index in [0.29, 0.717) is 32.2 Å². The third-order valence-electron chi connectivity index (χ3n) is 9.43. The molecule has 2 unspecified atom stereocenters. The summed E-state index contributed by atoms with van der Waals surface area (Å²) in [6, 6.07) is -0.861. The monoisotopic (exact) mass is 779 g/mol. The lowest BCUT2D eigenvalue weighted by Gasteiger charge is -2.15. The van der Waals surface area contributed by atoms with E-state index in [0.717, 1.165) is 116 Å². The lowest BCUT2D eigenvalue weighted by molar-refractivity contribution is -0.147. The molecule has 0 spiro atoms. The molecule has 7 nitrogen and oxygen atoms in total. The van der Waals surface area contributed by atoms with Crippen molar-refractivity contribution in [3.8, 4) is 0 Å². The van der Waals surface area contributed by atoms with Crippen LogP contribution in [-0.4, -0.2) is 41.6 Å². The average Bonchev–Trinajstić information content (AvgIpc) is 3.18. The van der Waals surface area contributed by atoms with Crippen molar-refractivity contribution < 1.29 is 24.2 Å². The maximum Gasteiger partial charge on any atom is 0.326 e. The van der Waals surface area contributed by atoms with Crippen LogP contribution < -0.4 is 11.1 Å². The van der Waals surface area contributed by atoms with Gasteiger partial charge >= 0.3 is 11.9 Å². The van der Waals surface area contributed by atoms with Gasteiger partial charge in [0.15, 0.2) is 0 Å². The first-order valence-corrected chi connectivity index (χ1v) is 22.4. The van der Waals surface area contributed by atoms with Crippen molar-refractivity contribution >= 4 is 17.8 Å². The zero-order valence-electron chi connectivity index (χ0n) is 35.7. The Morgan fingerprint density at radius 1 is 0.554 bits per heavy atom. The predicted molar refractivity (Wildman–Crippen MR) is 238 cm³/mol. The van der Waals surface area contributed by atoms with E-state index in [1.807, 2.05) is 0 Å². The Bertz CT molecular complexity index is 1150. The second kappa shape index (κ2) is 42.7. The molecule has 0 radical (unpaired) electrons. The van der Waals surface area contributed by atoms with Crippen LogP contribution in [0.3, 0.4) is 0 Å². The molecule has 0 bridgehead atoms. The Kier molecular flexibility index (Phi) is 40.1. The van der Waals surface area contributed by atoms with Crippen LogP contribution in [0, 0.1) is 0 Å². The molecule has 56 heavy (non-hydrogen) atoms. The minimum absolute atomic E-state index is 0.0972. The molecule has 0 saturated carbocycles. The zero-order chi connectivity index (χ0) is 41.0. The standard InChI is InChI=1S/C49H82N2O5/c1-3-5-7-9-11-13-14-15-16-17-18-19-20-21-22-23-24-25-27-33-37-43-48(53)56-45(39-34-30-26-12-10-8-6-4-2)40-35-31-28-29-32-36-42-47(52)51-46(49(54)55)41-38-44-50/h5,7,11-13,15-16,18-19,21-22,26,34,39,45-46H,3-4,6,8-10,14,17,20,23-25,27-33,35-38,40-44,50H2,1-2H3,(H,51,52)(H,54,55)/b7-5-,13-11-,16-15-,19-18-,22-21-,26-12-,39-34-. The van der Waals surface area contributed by atoms with Gasteiger partial charge in [-0.25, -0.2) is 4.79 Å². The van der Waals surface area contributed by atoms with Gasteiger partial charge < -0.3 is 20.9 Å². The number of amides is 1. The summed E-state index contributed by atoms with van der Waals surface area (Å²) in [7, 11) is 0. The molecule has 7 heteroatoms.